The van der Waals surface area contributed by atoms with E-state index < -0.39 is 5.82 Å². The minimum absolute atomic E-state index is 0.0782. The van der Waals surface area contributed by atoms with Gasteiger partial charge in [0.15, 0.2) is 6.61 Å². The Morgan fingerprint density at radius 1 is 1.30 bits per heavy atom. The number of fused-ring (bicyclic) bond motifs is 1. The average Bonchev–Trinajstić information content (AvgIpc) is 3.11. The zero-order valence-corrected chi connectivity index (χ0v) is 15.9. The molecule has 0 bridgehead atoms. The second-order valence-corrected chi connectivity index (χ2v) is 7.67. The Balaban J connectivity index is 1.39. The number of halogens is 2. The summed E-state index contributed by atoms with van der Waals surface area (Å²) in [6.45, 7) is 2.32. The molecule has 1 unspecified atom stereocenters. The maximum absolute atomic E-state index is 13.1. The van der Waals surface area contributed by atoms with Gasteiger partial charge in [-0.25, -0.2) is 9.37 Å². The lowest BCUT2D eigenvalue weighted by Crippen LogP contribution is -2.42. The fraction of sp³-hybridized carbons (Fsp3) is 0.500. The summed E-state index contributed by atoms with van der Waals surface area (Å²) in [6.07, 6.45) is 7.51. The highest BCUT2D eigenvalue weighted by Crippen LogP contribution is 2.29. The van der Waals surface area contributed by atoms with Crippen LogP contribution >= 0.6 is 11.6 Å². The zero-order chi connectivity index (χ0) is 18.8. The second kappa shape index (κ2) is 7.89. The largest absolute Gasteiger partial charge is 0.482 e. The van der Waals surface area contributed by atoms with Crippen molar-refractivity contribution in [2.75, 3.05) is 19.7 Å². The van der Waals surface area contributed by atoms with E-state index in [1.807, 2.05) is 11.1 Å². The van der Waals surface area contributed by atoms with Crippen LogP contribution in [0.25, 0.3) is 0 Å². The summed E-state index contributed by atoms with van der Waals surface area (Å²) in [5.74, 6) is 1.20. The molecule has 0 radical (unpaired) electrons. The number of piperidine rings is 1. The lowest BCUT2D eigenvalue weighted by Gasteiger charge is -2.33. The van der Waals surface area contributed by atoms with Crippen LogP contribution < -0.4 is 4.74 Å². The predicted molar refractivity (Wildman–Crippen MR) is 101 cm³/mol. The number of hydrogen-bond donors (Lipinski definition) is 0. The third kappa shape index (κ3) is 3.95. The van der Waals surface area contributed by atoms with Crippen LogP contribution in [0.2, 0.25) is 5.02 Å². The van der Waals surface area contributed by atoms with Crippen LogP contribution in [0, 0.1) is 5.82 Å². The summed E-state index contributed by atoms with van der Waals surface area (Å²) in [5, 5.41) is 0.170. The SMILES string of the molecule is O=C(COc1ccc(F)cc1Cl)N1CCCC(c2ncc3n2CCCC3)C1. The number of carbonyl (C=O) groups is 1. The molecular weight excluding hydrogens is 369 g/mol. The fourth-order valence-corrected chi connectivity index (χ4v) is 4.25. The van der Waals surface area contributed by atoms with E-state index in [-0.39, 0.29) is 23.5 Å². The van der Waals surface area contributed by atoms with E-state index in [2.05, 4.69) is 9.55 Å². The van der Waals surface area contributed by atoms with Crippen LogP contribution in [-0.4, -0.2) is 40.1 Å². The van der Waals surface area contributed by atoms with Crippen molar-refractivity contribution in [1.82, 2.24) is 14.5 Å². The molecule has 27 heavy (non-hydrogen) atoms. The second-order valence-electron chi connectivity index (χ2n) is 7.26. The van der Waals surface area contributed by atoms with Gasteiger partial charge in [-0.2, -0.15) is 0 Å². The van der Waals surface area contributed by atoms with Gasteiger partial charge in [0.05, 0.1) is 5.02 Å². The Labute approximate surface area is 163 Å². The van der Waals surface area contributed by atoms with Gasteiger partial charge in [0.1, 0.15) is 17.4 Å². The molecular formula is C20H23ClFN3O2. The topological polar surface area (TPSA) is 47.4 Å². The molecule has 2 aromatic rings. The number of ether oxygens (including phenoxy) is 1. The lowest BCUT2D eigenvalue weighted by molar-refractivity contribution is -0.134. The quantitative estimate of drug-likeness (QED) is 0.796. The molecule has 1 fully saturated rings. The van der Waals surface area contributed by atoms with Crippen LogP contribution in [-0.2, 0) is 17.8 Å². The van der Waals surface area contributed by atoms with Crippen molar-refractivity contribution >= 4 is 17.5 Å². The number of aromatic nitrogens is 2. The highest BCUT2D eigenvalue weighted by molar-refractivity contribution is 6.32. The number of amides is 1. The van der Waals surface area contributed by atoms with Crippen molar-refractivity contribution in [3.63, 3.8) is 0 Å². The van der Waals surface area contributed by atoms with Crippen molar-refractivity contribution in [3.8, 4) is 5.75 Å². The van der Waals surface area contributed by atoms with Gasteiger partial charge in [-0.05, 0) is 50.3 Å². The molecule has 0 saturated carbocycles. The zero-order valence-electron chi connectivity index (χ0n) is 15.2. The summed E-state index contributed by atoms with van der Waals surface area (Å²) in [6, 6.07) is 3.89. The van der Waals surface area contributed by atoms with Crippen LogP contribution in [0.4, 0.5) is 4.39 Å². The van der Waals surface area contributed by atoms with E-state index >= 15 is 0 Å². The van der Waals surface area contributed by atoms with E-state index in [0.29, 0.717) is 12.3 Å². The van der Waals surface area contributed by atoms with Crippen LogP contribution in [0.15, 0.2) is 24.4 Å². The molecule has 0 aliphatic carbocycles. The van der Waals surface area contributed by atoms with Crippen LogP contribution in [0.3, 0.4) is 0 Å². The number of likely N-dealkylation sites (tertiary alicyclic amines) is 1. The van der Waals surface area contributed by atoms with Crippen molar-refractivity contribution in [1.29, 1.82) is 0 Å². The van der Waals surface area contributed by atoms with Crippen molar-refractivity contribution < 1.29 is 13.9 Å². The average molecular weight is 392 g/mol. The van der Waals surface area contributed by atoms with Gasteiger partial charge in [-0.1, -0.05) is 11.6 Å². The Bertz CT molecular complexity index is 839. The number of imidazole rings is 1. The third-order valence-electron chi connectivity index (χ3n) is 5.42. The number of aryl methyl sites for hydroxylation is 1. The molecule has 1 aromatic heterocycles. The third-order valence-corrected chi connectivity index (χ3v) is 5.71. The van der Waals surface area contributed by atoms with Crippen molar-refractivity contribution in [2.45, 2.75) is 44.6 Å². The van der Waals surface area contributed by atoms with Gasteiger partial charge >= 0.3 is 0 Å². The summed E-state index contributed by atoms with van der Waals surface area (Å²) in [7, 11) is 0. The number of rotatable bonds is 4. The Morgan fingerprint density at radius 2 is 2.19 bits per heavy atom. The van der Waals surface area contributed by atoms with E-state index in [1.54, 1.807) is 0 Å². The molecule has 5 nitrogen and oxygen atoms in total. The van der Waals surface area contributed by atoms with E-state index in [9.17, 15) is 9.18 Å². The number of nitrogens with zero attached hydrogens (tertiary/aromatic N) is 3. The molecule has 0 spiro atoms. The molecule has 2 aliphatic rings. The van der Waals surface area contributed by atoms with Gasteiger partial charge in [0.25, 0.3) is 5.91 Å². The first-order valence-electron chi connectivity index (χ1n) is 9.52. The van der Waals surface area contributed by atoms with E-state index in [1.165, 1.54) is 36.7 Å². The summed E-state index contributed by atoms with van der Waals surface area (Å²) < 4.78 is 21.0. The maximum atomic E-state index is 13.1. The molecule has 144 valence electrons. The minimum Gasteiger partial charge on any atom is -0.482 e. The molecule has 2 aliphatic heterocycles. The Kier molecular flexibility index (Phi) is 5.34. The number of hydrogen-bond acceptors (Lipinski definition) is 3. The highest BCUT2D eigenvalue weighted by atomic mass is 35.5. The minimum atomic E-state index is -0.430. The lowest BCUT2D eigenvalue weighted by atomic mass is 9.96. The molecule has 1 aromatic carbocycles. The van der Waals surface area contributed by atoms with Gasteiger partial charge in [0.2, 0.25) is 0 Å². The molecule has 3 heterocycles. The van der Waals surface area contributed by atoms with Gasteiger partial charge in [-0.3, -0.25) is 4.79 Å². The van der Waals surface area contributed by atoms with Gasteiger partial charge in [-0.15, -0.1) is 0 Å². The van der Waals surface area contributed by atoms with Crippen LogP contribution in [0.5, 0.6) is 5.75 Å². The standard InChI is InChI=1S/C20H23ClFN3O2/c21-17-10-15(22)6-7-18(17)27-13-19(26)24-8-3-4-14(12-24)20-23-11-16-5-1-2-9-25(16)20/h6-7,10-11,14H,1-5,8-9,12-13H2. The van der Waals surface area contributed by atoms with Gasteiger partial charge < -0.3 is 14.2 Å². The van der Waals surface area contributed by atoms with E-state index in [4.69, 9.17) is 16.3 Å². The maximum Gasteiger partial charge on any atom is 0.260 e. The molecule has 1 atom stereocenters. The highest BCUT2D eigenvalue weighted by Gasteiger charge is 2.29. The predicted octanol–water partition coefficient (Wildman–Crippen LogP) is 3.80. The first kappa shape index (κ1) is 18.3. The molecule has 1 saturated heterocycles. The fourth-order valence-electron chi connectivity index (χ4n) is 4.02. The normalized spacial score (nSPS) is 19.6. The van der Waals surface area contributed by atoms with Crippen molar-refractivity contribution in [3.05, 3.63) is 46.8 Å². The molecule has 1 amide bonds. The summed E-state index contributed by atoms with van der Waals surface area (Å²) in [5.41, 5.74) is 1.31. The summed E-state index contributed by atoms with van der Waals surface area (Å²) in [4.78, 5) is 19.1. The molecule has 7 heteroatoms. The Hall–Kier alpha value is -2.08. The smallest absolute Gasteiger partial charge is 0.260 e. The molecule has 0 N–H and O–H groups in total. The van der Waals surface area contributed by atoms with Gasteiger partial charge in [0, 0.05) is 37.4 Å². The molecule has 4 rings (SSSR count). The number of benzene rings is 1. The summed E-state index contributed by atoms with van der Waals surface area (Å²) >= 11 is 5.96. The first-order valence-corrected chi connectivity index (χ1v) is 9.89. The monoisotopic (exact) mass is 391 g/mol. The number of carbonyl (C=O) groups excluding carboxylic acids is 1. The first-order chi connectivity index (χ1) is 13.1. The van der Waals surface area contributed by atoms with Crippen LogP contribution in [0.1, 0.15) is 43.1 Å². The van der Waals surface area contributed by atoms with E-state index in [0.717, 1.165) is 38.2 Å². The Morgan fingerprint density at radius 3 is 3.04 bits per heavy atom. The van der Waals surface area contributed by atoms with Crippen molar-refractivity contribution in [2.24, 2.45) is 0 Å².